The Labute approximate surface area is 126 Å². The lowest BCUT2D eigenvalue weighted by atomic mass is 10.4. The van der Waals surface area contributed by atoms with Crippen LogP contribution in [0.3, 0.4) is 0 Å². The Balaban J connectivity index is 1.81. The van der Waals surface area contributed by atoms with Crippen molar-refractivity contribution < 1.29 is 8.42 Å². The molecule has 0 radical (unpaired) electrons. The third-order valence-electron chi connectivity index (χ3n) is 3.00. The van der Waals surface area contributed by atoms with Gasteiger partial charge in [-0.15, -0.1) is 21.5 Å². The fourth-order valence-electron chi connectivity index (χ4n) is 1.90. The highest BCUT2D eigenvalue weighted by atomic mass is 32.2. The fourth-order valence-corrected chi connectivity index (χ4v) is 4.80. The summed E-state index contributed by atoms with van der Waals surface area (Å²) < 4.78 is 24.5. The van der Waals surface area contributed by atoms with Crippen molar-refractivity contribution in [3.63, 3.8) is 0 Å². The van der Waals surface area contributed by atoms with E-state index < -0.39 is 9.84 Å². The predicted octanol–water partition coefficient (Wildman–Crippen LogP) is 2.48. The van der Waals surface area contributed by atoms with E-state index in [1.165, 1.54) is 18.0 Å². The van der Waals surface area contributed by atoms with Gasteiger partial charge >= 0.3 is 0 Å². The quantitative estimate of drug-likeness (QED) is 0.762. The Morgan fingerprint density at radius 1 is 1.45 bits per heavy atom. The summed E-state index contributed by atoms with van der Waals surface area (Å²) in [6.45, 7) is 0. The van der Waals surface area contributed by atoms with Gasteiger partial charge < -0.3 is 0 Å². The molecule has 2 aromatic heterocycles. The molecule has 1 aliphatic carbocycles. The second-order valence-corrected chi connectivity index (χ2v) is 9.13. The Hall–Kier alpha value is -0.860. The van der Waals surface area contributed by atoms with Crippen LogP contribution >= 0.6 is 23.1 Å². The zero-order valence-corrected chi connectivity index (χ0v) is 13.5. The number of thiophene rings is 1. The molecule has 8 heteroatoms. The molecule has 0 spiro atoms. The van der Waals surface area contributed by atoms with Crippen molar-refractivity contribution in [2.45, 2.75) is 24.0 Å². The fraction of sp³-hybridized carbons (Fsp3) is 0.500. The third-order valence-corrected chi connectivity index (χ3v) is 6.02. The normalized spacial score (nSPS) is 15.7. The molecule has 0 amide bonds. The van der Waals surface area contributed by atoms with Crippen LogP contribution in [0.5, 0.6) is 0 Å². The summed E-state index contributed by atoms with van der Waals surface area (Å²) in [4.78, 5) is 1.11. The van der Waals surface area contributed by atoms with E-state index in [0.29, 0.717) is 11.8 Å². The first kappa shape index (κ1) is 14.1. The van der Waals surface area contributed by atoms with Gasteiger partial charge in [-0.25, -0.2) is 8.42 Å². The number of aromatic nitrogens is 3. The van der Waals surface area contributed by atoms with Gasteiger partial charge in [0.2, 0.25) is 0 Å². The van der Waals surface area contributed by atoms with Crippen LogP contribution in [0.2, 0.25) is 0 Å². The molecule has 0 aromatic carbocycles. The Morgan fingerprint density at radius 2 is 2.25 bits per heavy atom. The maximum Gasteiger partial charge on any atom is 0.191 e. The summed E-state index contributed by atoms with van der Waals surface area (Å²) in [5.41, 5.74) is 0. The molecule has 0 saturated heterocycles. The van der Waals surface area contributed by atoms with Gasteiger partial charge in [-0.1, -0.05) is 17.8 Å². The number of hydrogen-bond donors (Lipinski definition) is 0. The van der Waals surface area contributed by atoms with E-state index in [-0.39, 0.29) is 5.75 Å². The van der Waals surface area contributed by atoms with Crippen molar-refractivity contribution in [2.75, 3.05) is 17.8 Å². The zero-order chi connectivity index (χ0) is 14.2. The molecule has 1 aliphatic rings. The summed E-state index contributed by atoms with van der Waals surface area (Å²) in [6, 6.07) is 4.52. The van der Waals surface area contributed by atoms with Crippen LogP contribution in [-0.4, -0.2) is 40.9 Å². The SMILES string of the molecule is CS(=O)(=O)CCSc1nnc(-c2cccs2)n1C1CC1. The zero-order valence-electron chi connectivity index (χ0n) is 11.0. The molecule has 2 heterocycles. The molecule has 5 nitrogen and oxygen atoms in total. The van der Waals surface area contributed by atoms with Gasteiger partial charge in [0.25, 0.3) is 0 Å². The average Bonchev–Trinajstić information content (AvgIpc) is 2.90. The number of sulfone groups is 1. The minimum Gasteiger partial charge on any atom is -0.298 e. The van der Waals surface area contributed by atoms with E-state index >= 15 is 0 Å². The summed E-state index contributed by atoms with van der Waals surface area (Å²) >= 11 is 3.12. The largest absolute Gasteiger partial charge is 0.298 e. The first-order valence-corrected chi connectivity index (χ1v) is 10.3. The number of nitrogens with zero attached hydrogens (tertiary/aromatic N) is 3. The maximum atomic E-state index is 11.2. The molecule has 0 N–H and O–H groups in total. The number of thioether (sulfide) groups is 1. The minimum absolute atomic E-state index is 0.170. The van der Waals surface area contributed by atoms with Crippen molar-refractivity contribution in [2.24, 2.45) is 0 Å². The molecule has 0 aliphatic heterocycles. The van der Waals surface area contributed by atoms with Crippen LogP contribution in [0, 0.1) is 0 Å². The van der Waals surface area contributed by atoms with E-state index in [0.717, 1.165) is 28.7 Å². The molecule has 0 unspecified atom stereocenters. The van der Waals surface area contributed by atoms with E-state index in [2.05, 4.69) is 14.8 Å². The molecular weight excluding hydrogens is 314 g/mol. The van der Waals surface area contributed by atoms with Gasteiger partial charge in [-0.2, -0.15) is 0 Å². The van der Waals surface area contributed by atoms with Gasteiger partial charge in [0.15, 0.2) is 11.0 Å². The third kappa shape index (κ3) is 3.24. The van der Waals surface area contributed by atoms with Crippen molar-refractivity contribution in [3.8, 4) is 10.7 Å². The molecule has 108 valence electrons. The molecule has 1 fully saturated rings. The first-order chi connectivity index (χ1) is 9.54. The Morgan fingerprint density at radius 3 is 2.85 bits per heavy atom. The number of hydrogen-bond acceptors (Lipinski definition) is 6. The summed E-state index contributed by atoms with van der Waals surface area (Å²) in [7, 11) is -2.92. The molecule has 2 aromatic rings. The smallest absolute Gasteiger partial charge is 0.191 e. The van der Waals surface area contributed by atoms with Crippen LogP contribution in [-0.2, 0) is 9.84 Å². The van der Waals surface area contributed by atoms with Crippen molar-refractivity contribution in [1.29, 1.82) is 0 Å². The Bertz CT molecular complexity index is 688. The lowest BCUT2D eigenvalue weighted by Gasteiger charge is -2.07. The number of rotatable bonds is 6. The lowest BCUT2D eigenvalue weighted by molar-refractivity contribution is 0.603. The molecule has 0 atom stereocenters. The lowest BCUT2D eigenvalue weighted by Crippen LogP contribution is -2.06. The van der Waals surface area contributed by atoms with Crippen LogP contribution < -0.4 is 0 Å². The van der Waals surface area contributed by atoms with E-state index in [1.54, 1.807) is 11.3 Å². The molecule has 3 rings (SSSR count). The maximum absolute atomic E-state index is 11.2. The predicted molar refractivity (Wildman–Crippen MR) is 82.0 cm³/mol. The summed E-state index contributed by atoms with van der Waals surface area (Å²) in [5.74, 6) is 1.60. The first-order valence-electron chi connectivity index (χ1n) is 6.34. The monoisotopic (exact) mass is 329 g/mol. The standard InChI is InChI=1S/C12H15N3O2S3/c1-20(16,17)8-7-19-12-14-13-11(10-3-2-6-18-10)15(12)9-4-5-9/h2-3,6,9H,4-5,7-8H2,1H3. The second kappa shape index (κ2) is 5.50. The summed E-state index contributed by atoms with van der Waals surface area (Å²) in [6.07, 6.45) is 3.56. The molecule has 1 saturated carbocycles. The van der Waals surface area contributed by atoms with E-state index in [1.807, 2.05) is 17.5 Å². The van der Waals surface area contributed by atoms with Crippen molar-refractivity contribution >= 4 is 32.9 Å². The van der Waals surface area contributed by atoms with Crippen LogP contribution in [0.1, 0.15) is 18.9 Å². The van der Waals surface area contributed by atoms with E-state index in [4.69, 9.17) is 0 Å². The minimum atomic E-state index is -2.92. The molecular formula is C12H15N3O2S3. The highest BCUT2D eigenvalue weighted by molar-refractivity contribution is 8.00. The van der Waals surface area contributed by atoms with Gasteiger partial charge in [-0.3, -0.25) is 4.57 Å². The van der Waals surface area contributed by atoms with Gasteiger partial charge in [0.05, 0.1) is 10.6 Å². The van der Waals surface area contributed by atoms with Gasteiger partial charge in [0.1, 0.15) is 9.84 Å². The van der Waals surface area contributed by atoms with Gasteiger partial charge in [0, 0.05) is 18.1 Å². The van der Waals surface area contributed by atoms with Crippen molar-refractivity contribution in [1.82, 2.24) is 14.8 Å². The molecule has 20 heavy (non-hydrogen) atoms. The van der Waals surface area contributed by atoms with Crippen molar-refractivity contribution in [3.05, 3.63) is 17.5 Å². The van der Waals surface area contributed by atoms with Crippen LogP contribution in [0.15, 0.2) is 22.7 Å². The topological polar surface area (TPSA) is 64.8 Å². The highest BCUT2D eigenvalue weighted by Crippen LogP contribution is 2.41. The highest BCUT2D eigenvalue weighted by Gasteiger charge is 2.30. The van der Waals surface area contributed by atoms with Crippen LogP contribution in [0.4, 0.5) is 0 Å². The second-order valence-electron chi connectivity index (χ2n) is 4.86. The average molecular weight is 329 g/mol. The van der Waals surface area contributed by atoms with Gasteiger partial charge in [-0.05, 0) is 24.3 Å². The van der Waals surface area contributed by atoms with Crippen LogP contribution in [0.25, 0.3) is 10.7 Å². The van der Waals surface area contributed by atoms with E-state index in [9.17, 15) is 8.42 Å². The Kier molecular flexibility index (Phi) is 3.87. The molecule has 0 bridgehead atoms. The summed E-state index contributed by atoms with van der Waals surface area (Å²) in [5, 5.41) is 11.4.